The van der Waals surface area contributed by atoms with Gasteiger partial charge in [-0.1, -0.05) is 32.4 Å². The molecule has 0 N–H and O–H groups in total. The molecule has 0 aromatic heterocycles. The molecule has 0 aromatic rings. The third kappa shape index (κ3) is 2.01. The van der Waals surface area contributed by atoms with Gasteiger partial charge in [0.25, 0.3) is 0 Å². The van der Waals surface area contributed by atoms with Crippen LogP contribution in [-0.4, -0.2) is 5.78 Å². The molecule has 1 aliphatic rings. The quantitative estimate of drug-likeness (QED) is 0.609. The van der Waals surface area contributed by atoms with Crippen molar-refractivity contribution in [1.82, 2.24) is 0 Å². The van der Waals surface area contributed by atoms with Crippen LogP contribution in [0.4, 0.5) is 0 Å². The molecule has 0 spiro atoms. The van der Waals surface area contributed by atoms with E-state index in [1.165, 1.54) is 5.57 Å². The van der Waals surface area contributed by atoms with Crippen molar-refractivity contribution in [3.05, 3.63) is 11.6 Å². The minimum absolute atomic E-state index is 0.241. The van der Waals surface area contributed by atoms with Crippen molar-refractivity contribution in [3.63, 3.8) is 0 Å². The standard InChI is InChI=1S/C12H20O/c1-5-11(13)8-10-7-6-9(2)12(10,3)4/h6,10H,5,7-8H2,1-4H3. The predicted molar refractivity (Wildman–Crippen MR) is 55.6 cm³/mol. The van der Waals surface area contributed by atoms with Gasteiger partial charge in [0.1, 0.15) is 5.78 Å². The van der Waals surface area contributed by atoms with Gasteiger partial charge in [-0.2, -0.15) is 0 Å². The zero-order valence-electron chi connectivity index (χ0n) is 9.18. The number of rotatable bonds is 3. The molecule has 1 rings (SSSR count). The van der Waals surface area contributed by atoms with Crippen LogP contribution in [0.2, 0.25) is 0 Å². The Kier molecular flexibility index (Phi) is 2.94. The summed E-state index contributed by atoms with van der Waals surface area (Å²) in [6.45, 7) is 8.62. The zero-order valence-corrected chi connectivity index (χ0v) is 9.18. The monoisotopic (exact) mass is 180 g/mol. The Hall–Kier alpha value is -0.590. The number of carbonyl (C=O) groups is 1. The Morgan fingerprint density at radius 3 is 2.62 bits per heavy atom. The summed E-state index contributed by atoms with van der Waals surface area (Å²) in [6, 6.07) is 0. The normalized spacial score (nSPS) is 25.8. The van der Waals surface area contributed by atoms with E-state index in [1.54, 1.807) is 0 Å². The Balaban J connectivity index is 2.61. The second-order valence-corrected chi connectivity index (χ2v) is 4.64. The fourth-order valence-electron chi connectivity index (χ4n) is 1.96. The first-order valence-corrected chi connectivity index (χ1v) is 5.17. The van der Waals surface area contributed by atoms with Crippen molar-refractivity contribution in [3.8, 4) is 0 Å². The molecule has 13 heavy (non-hydrogen) atoms. The van der Waals surface area contributed by atoms with Crippen molar-refractivity contribution in [2.45, 2.75) is 47.0 Å². The number of allylic oxidation sites excluding steroid dienone is 2. The molecule has 74 valence electrons. The maximum absolute atomic E-state index is 11.3. The lowest BCUT2D eigenvalue weighted by Gasteiger charge is -2.29. The van der Waals surface area contributed by atoms with Gasteiger partial charge in [-0.25, -0.2) is 0 Å². The molecule has 0 amide bonds. The lowest BCUT2D eigenvalue weighted by molar-refractivity contribution is -0.120. The summed E-state index contributed by atoms with van der Waals surface area (Å²) in [6.07, 6.45) is 4.82. The topological polar surface area (TPSA) is 17.1 Å². The Labute approximate surface area is 81.2 Å². The van der Waals surface area contributed by atoms with E-state index in [1.807, 2.05) is 6.92 Å². The Morgan fingerprint density at radius 1 is 1.62 bits per heavy atom. The summed E-state index contributed by atoms with van der Waals surface area (Å²) in [4.78, 5) is 11.3. The summed E-state index contributed by atoms with van der Waals surface area (Å²) in [5, 5.41) is 0. The van der Waals surface area contributed by atoms with E-state index in [0.29, 0.717) is 18.1 Å². The lowest BCUT2D eigenvalue weighted by atomic mass is 9.75. The van der Waals surface area contributed by atoms with Crippen molar-refractivity contribution in [2.24, 2.45) is 11.3 Å². The summed E-state index contributed by atoms with van der Waals surface area (Å²) in [5.41, 5.74) is 1.69. The third-order valence-electron chi connectivity index (χ3n) is 3.61. The highest BCUT2D eigenvalue weighted by molar-refractivity contribution is 5.78. The van der Waals surface area contributed by atoms with Crippen LogP contribution >= 0.6 is 0 Å². The van der Waals surface area contributed by atoms with E-state index in [4.69, 9.17) is 0 Å². The minimum atomic E-state index is 0.241. The van der Waals surface area contributed by atoms with Crippen LogP contribution in [0.25, 0.3) is 0 Å². The van der Waals surface area contributed by atoms with E-state index < -0.39 is 0 Å². The van der Waals surface area contributed by atoms with Crippen LogP contribution < -0.4 is 0 Å². The fraction of sp³-hybridized carbons (Fsp3) is 0.750. The zero-order chi connectivity index (χ0) is 10.1. The summed E-state index contributed by atoms with van der Waals surface area (Å²) in [5.74, 6) is 0.945. The van der Waals surface area contributed by atoms with Gasteiger partial charge in [0, 0.05) is 12.8 Å². The number of carbonyl (C=O) groups excluding carboxylic acids is 1. The van der Waals surface area contributed by atoms with E-state index in [2.05, 4.69) is 26.8 Å². The van der Waals surface area contributed by atoms with Crippen LogP contribution in [-0.2, 0) is 4.79 Å². The SMILES string of the molecule is CCC(=O)CC1CC=C(C)C1(C)C. The van der Waals surface area contributed by atoms with Gasteiger partial charge in [-0.15, -0.1) is 0 Å². The molecular formula is C12H20O. The van der Waals surface area contributed by atoms with E-state index in [9.17, 15) is 4.79 Å². The smallest absolute Gasteiger partial charge is 0.132 e. The largest absolute Gasteiger partial charge is 0.300 e. The van der Waals surface area contributed by atoms with Crippen molar-refractivity contribution >= 4 is 5.78 Å². The molecule has 0 saturated heterocycles. The number of hydrogen-bond donors (Lipinski definition) is 0. The average Bonchev–Trinajstić information content (AvgIpc) is 2.31. The van der Waals surface area contributed by atoms with E-state index in [-0.39, 0.29) is 5.41 Å². The molecule has 0 radical (unpaired) electrons. The summed E-state index contributed by atoms with van der Waals surface area (Å²) in [7, 11) is 0. The Morgan fingerprint density at radius 2 is 2.23 bits per heavy atom. The molecule has 1 atom stereocenters. The second-order valence-electron chi connectivity index (χ2n) is 4.64. The number of ketones is 1. The first kappa shape index (κ1) is 10.5. The van der Waals surface area contributed by atoms with Gasteiger partial charge >= 0.3 is 0 Å². The molecule has 1 heteroatoms. The van der Waals surface area contributed by atoms with Gasteiger partial charge in [-0.05, 0) is 24.7 Å². The maximum atomic E-state index is 11.3. The first-order chi connectivity index (χ1) is 5.98. The summed E-state index contributed by atoms with van der Waals surface area (Å²) >= 11 is 0. The minimum Gasteiger partial charge on any atom is -0.300 e. The van der Waals surface area contributed by atoms with Gasteiger partial charge in [0.15, 0.2) is 0 Å². The van der Waals surface area contributed by atoms with Gasteiger partial charge in [0.05, 0.1) is 0 Å². The molecule has 1 unspecified atom stereocenters. The van der Waals surface area contributed by atoms with Crippen molar-refractivity contribution in [2.75, 3.05) is 0 Å². The molecule has 0 aromatic carbocycles. The molecular weight excluding hydrogens is 160 g/mol. The molecule has 0 saturated carbocycles. The van der Waals surface area contributed by atoms with Crippen molar-refractivity contribution < 1.29 is 4.79 Å². The van der Waals surface area contributed by atoms with Crippen LogP contribution in [0.1, 0.15) is 47.0 Å². The van der Waals surface area contributed by atoms with E-state index >= 15 is 0 Å². The Bertz CT molecular complexity index is 236. The second kappa shape index (κ2) is 3.65. The number of Topliss-reactive ketones (excluding diaryl/α,β-unsaturated/α-hetero) is 1. The maximum Gasteiger partial charge on any atom is 0.132 e. The van der Waals surface area contributed by atoms with Gasteiger partial charge in [0.2, 0.25) is 0 Å². The average molecular weight is 180 g/mol. The fourth-order valence-corrected chi connectivity index (χ4v) is 1.96. The highest BCUT2D eigenvalue weighted by Gasteiger charge is 2.35. The molecule has 0 heterocycles. The van der Waals surface area contributed by atoms with Crippen LogP contribution in [0.3, 0.4) is 0 Å². The lowest BCUT2D eigenvalue weighted by Crippen LogP contribution is -2.22. The highest BCUT2D eigenvalue weighted by atomic mass is 16.1. The van der Waals surface area contributed by atoms with Crippen LogP contribution in [0.15, 0.2) is 11.6 Å². The highest BCUT2D eigenvalue weighted by Crippen LogP contribution is 2.44. The van der Waals surface area contributed by atoms with Gasteiger partial charge < -0.3 is 0 Å². The van der Waals surface area contributed by atoms with Gasteiger partial charge in [-0.3, -0.25) is 4.79 Å². The molecule has 0 aliphatic heterocycles. The number of hydrogen-bond acceptors (Lipinski definition) is 1. The third-order valence-corrected chi connectivity index (χ3v) is 3.61. The molecule has 1 nitrogen and oxygen atoms in total. The molecule has 1 aliphatic carbocycles. The summed E-state index contributed by atoms with van der Waals surface area (Å²) < 4.78 is 0. The van der Waals surface area contributed by atoms with Crippen molar-refractivity contribution in [1.29, 1.82) is 0 Å². The molecule has 0 fully saturated rings. The van der Waals surface area contributed by atoms with Crippen LogP contribution in [0, 0.1) is 11.3 Å². The predicted octanol–water partition coefficient (Wildman–Crippen LogP) is 3.35. The molecule has 0 bridgehead atoms. The van der Waals surface area contributed by atoms with E-state index in [0.717, 1.165) is 12.8 Å². The van der Waals surface area contributed by atoms with Crippen LogP contribution in [0.5, 0.6) is 0 Å². The first-order valence-electron chi connectivity index (χ1n) is 5.17.